The summed E-state index contributed by atoms with van der Waals surface area (Å²) in [6.07, 6.45) is -0.130. The van der Waals surface area contributed by atoms with Crippen LogP contribution in [0.3, 0.4) is 0 Å². The molecule has 3 nitrogen and oxygen atoms in total. The number of hydrogen-bond donors (Lipinski definition) is 1. The Balaban J connectivity index is 1.98. The maximum atomic E-state index is 13.8. The Kier molecular flexibility index (Phi) is 5.54. The van der Waals surface area contributed by atoms with Crippen molar-refractivity contribution in [2.24, 2.45) is 0 Å². The lowest BCUT2D eigenvalue weighted by molar-refractivity contribution is -0.136. The molecule has 0 unspecified atom stereocenters. The highest BCUT2D eigenvalue weighted by molar-refractivity contribution is 6.30. The second kappa shape index (κ2) is 8.02. The van der Waals surface area contributed by atoms with Crippen LogP contribution in [0.25, 0.3) is 11.1 Å². The average molecular weight is 371 g/mol. The number of halogens is 2. The monoisotopic (exact) mass is 370 g/mol. The summed E-state index contributed by atoms with van der Waals surface area (Å²) in [6.45, 7) is 0.342. The Morgan fingerprint density at radius 1 is 1.00 bits per heavy atom. The Morgan fingerprint density at radius 2 is 1.77 bits per heavy atom. The maximum absolute atomic E-state index is 13.8. The second-order valence-corrected chi connectivity index (χ2v) is 6.27. The van der Waals surface area contributed by atoms with E-state index in [1.165, 1.54) is 12.1 Å². The smallest absolute Gasteiger partial charge is 0.307 e. The van der Waals surface area contributed by atoms with Crippen LogP contribution in [0, 0.1) is 5.82 Å². The molecule has 0 aliphatic heterocycles. The highest BCUT2D eigenvalue weighted by Crippen LogP contribution is 2.34. The van der Waals surface area contributed by atoms with Crippen molar-refractivity contribution in [1.82, 2.24) is 0 Å². The zero-order valence-electron chi connectivity index (χ0n) is 13.8. The van der Waals surface area contributed by atoms with Crippen LogP contribution >= 0.6 is 11.6 Å². The van der Waals surface area contributed by atoms with Crippen LogP contribution in [-0.2, 0) is 17.8 Å². The van der Waals surface area contributed by atoms with E-state index in [9.17, 15) is 9.18 Å². The summed E-state index contributed by atoms with van der Waals surface area (Å²) in [7, 11) is 0. The van der Waals surface area contributed by atoms with Crippen molar-refractivity contribution >= 4 is 17.6 Å². The van der Waals surface area contributed by atoms with E-state index in [1.54, 1.807) is 24.3 Å². The molecule has 0 amide bonds. The van der Waals surface area contributed by atoms with Gasteiger partial charge in [0.05, 0.1) is 6.42 Å². The molecule has 0 aliphatic rings. The van der Waals surface area contributed by atoms with Gasteiger partial charge in [-0.15, -0.1) is 0 Å². The third-order valence-corrected chi connectivity index (χ3v) is 4.03. The third kappa shape index (κ3) is 4.61. The summed E-state index contributed by atoms with van der Waals surface area (Å²) < 4.78 is 19.7. The summed E-state index contributed by atoms with van der Waals surface area (Å²) in [5, 5.41) is 9.29. The van der Waals surface area contributed by atoms with Crippen molar-refractivity contribution < 1.29 is 19.0 Å². The zero-order valence-corrected chi connectivity index (χ0v) is 14.5. The lowest BCUT2D eigenvalue weighted by Gasteiger charge is -2.14. The maximum Gasteiger partial charge on any atom is 0.307 e. The number of ether oxygens (including phenoxy) is 1. The molecule has 3 aromatic carbocycles. The highest BCUT2D eigenvalue weighted by Gasteiger charge is 2.12. The SMILES string of the molecule is O=C(O)Cc1ccc(OCc2ccccc2)c(-c2cc(F)cc(Cl)c2)c1. The molecule has 3 rings (SSSR count). The first kappa shape index (κ1) is 18.0. The Labute approximate surface area is 155 Å². The van der Waals surface area contributed by atoms with Crippen LogP contribution in [0.5, 0.6) is 5.75 Å². The van der Waals surface area contributed by atoms with Gasteiger partial charge in [0.1, 0.15) is 18.2 Å². The van der Waals surface area contributed by atoms with Gasteiger partial charge in [-0.25, -0.2) is 4.39 Å². The number of aliphatic carboxylic acids is 1. The van der Waals surface area contributed by atoms with E-state index in [-0.39, 0.29) is 11.4 Å². The molecular formula is C21H16ClFO3. The number of benzene rings is 3. The van der Waals surface area contributed by atoms with Gasteiger partial charge in [0.25, 0.3) is 0 Å². The minimum Gasteiger partial charge on any atom is -0.488 e. The van der Waals surface area contributed by atoms with Crippen molar-refractivity contribution in [2.45, 2.75) is 13.0 Å². The molecule has 0 atom stereocenters. The van der Waals surface area contributed by atoms with Crippen molar-refractivity contribution in [3.63, 3.8) is 0 Å². The van der Waals surface area contributed by atoms with Gasteiger partial charge in [-0.05, 0) is 47.0 Å². The van der Waals surface area contributed by atoms with E-state index in [1.807, 2.05) is 30.3 Å². The molecule has 0 heterocycles. The summed E-state index contributed by atoms with van der Waals surface area (Å²) in [4.78, 5) is 11.0. The van der Waals surface area contributed by atoms with E-state index in [4.69, 9.17) is 21.4 Å². The molecule has 3 aromatic rings. The van der Waals surface area contributed by atoms with Crippen LogP contribution in [0.4, 0.5) is 4.39 Å². The largest absolute Gasteiger partial charge is 0.488 e. The molecule has 0 saturated heterocycles. The molecule has 26 heavy (non-hydrogen) atoms. The van der Waals surface area contributed by atoms with Gasteiger partial charge in [0.15, 0.2) is 0 Å². The third-order valence-electron chi connectivity index (χ3n) is 3.81. The molecule has 0 aliphatic carbocycles. The fourth-order valence-corrected chi connectivity index (χ4v) is 2.88. The molecule has 132 valence electrons. The first-order valence-electron chi connectivity index (χ1n) is 7.99. The molecule has 0 radical (unpaired) electrons. The number of carbonyl (C=O) groups is 1. The summed E-state index contributed by atoms with van der Waals surface area (Å²) in [6, 6.07) is 18.9. The van der Waals surface area contributed by atoms with Crippen LogP contribution in [-0.4, -0.2) is 11.1 Å². The summed E-state index contributed by atoms with van der Waals surface area (Å²) in [5.74, 6) is -0.874. The first-order valence-corrected chi connectivity index (χ1v) is 8.37. The van der Waals surface area contributed by atoms with Gasteiger partial charge in [-0.1, -0.05) is 48.0 Å². The molecule has 0 spiro atoms. The number of rotatable bonds is 6. The molecular weight excluding hydrogens is 355 g/mol. The standard InChI is InChI=1S/C21H16ClFO3/c22-17-10-16(11-18(23)12-17)19-8-15(9-21(24)25)6-7-20(19)26-13-14-4-2-1-3-5-14/h1-8,10-12H,9,13H2,(H,24,25). The van der Waals surface area contributed by atoms with Crippen LogP contribution in [0.15, 0.2) is 66.7 Å². The van der Waals surface area contributed by atoms with Gasteiger partial charge in [-0.2, -0.15) is 0 Å². The highest BCUT2D eigenvalue weighted by atomic mass is 35.5. The van der Waals surface area contributed by atoms with Gasteiger partial charge in [-0.3, -0.25) is 4.79 Å². The number of carboxylic acid groups (broad SMARTS) is 1. The number of hydrogen-bond acceptors (Lipinski definition) is 2. The first-order chi connectivity index (χ1) is 12.5. The van der Waals surface area contributed by atoms with E-state index in [2.05, 4.69) is 0 Å². The van der Waals surface area contributed by atoms with Crippen LogP contribution < -0.4 is 4.74 Å². The lowest BCUT2D eigenvalue weighted by Crippen LogP contribution is -2.02. The van der Waals surface area contributed by atoms with Gasteiger partial charge < -0.3 is 9.84 Å². The molecule has 0 bridgehead atoms. The Bertz CT molecular complexity index is 906. The van der Waals surface area contributed by atoms with Gasteiger partial charge in [0, 0.05) is 10.6 Å². The van der Waals surface area contributed by atoms with Gasteiger partial charge in [0.2, 0.25) is 0 Å². The molecule has 0 aromatic heterocycles. The Hall–Kier alpha value is -2.85. The predicted molar refractivity (Wildman–Crippen MR) is 99.0 cm³/mol. The van der Waals surface area contributed by atoms with Crippen molar-refractivity contribution in [1.29, 1.82) is 0 Å². The fraction of sp³-hybridized carbons (Fsp3) is 0.0952. The van der Waals surface area contributed by atoms with E-state index in [0.717, 1.165) is 5.56 Å². The minimum absolute atomic E-state index is 0.130. The van der Waals surface area contributed by atoms with Crippen LogP contribution in [0.1, 0.15) is 11.1 Å². The topological polar surface area (TPSA) is 46.5 Å². The second-order valence-electron chi connectivity index (χ2n) is 5.83. The van der Waals surface area contributed by atoms with E-state index >= 15 is 0 Å². The lowest BCUT2D eigenvalue weighted by atomic mass is 10.0. The average Bonchev–Trinajstić information content (AvgIpc) is 2.60. The quantitative estimate of drug-likeness (QED) is 0.636. The molecule has 0 fully saturated rings. The van der Waals surface area contributed by atoms with Crippen molar-refractivity contribution in [3.8, 4) is 16.9 Å². The fourth-order valence-electron chi connectivity index (χ4n) is 2.66. The summed E-state index contributed by atoms with van der Waals surface area (Å²) >= 11 is 5.97. The zero-order chi connectivity index (χ0) is 18.5. The molecule has 0 saturated carbocycles. The Morgan fingerprint density at radius 3 is 2.46 bits per heavy atom. The van der Waals surface area contributed by atoms with E-state index in [0.29, 0.717) is 29.0 Å². The summed E-state index contributed by atoms with van der Waals surface area (Å²) in [5.41, 5.74) is 2.72. The predicted octanol–water partition coefficient (Wildman–Crippen LogP) is 5.35. The molecule has 5 heteroatoms. The van der Waals surface area contributed by atoms with Crippen molar-refractivity contribution in [2.75, 3.05) is 0 Å². The minimum atomic E-state index is -0.939. The number of carboxylic acids is 1. The van der Waals surface area contributed by atoms with Gasteiger partial charge >= 0.3 is 5.97 Å². The van der Waals surface area contributed by atoms with Crippen LogP contribution in [0.2, 0.25) is 5.02 Å². The molecule has 1 N–H and O–H groups in total. The van der Waals surface area contributed by atoms with E-state index < -0.39 is 11.8 Å². The van der Waals surface area contributed by atoms with Crippen molar-refractivity contribution in [3.05, 3.63) is 88.7 Å². The normalized spacial score (nSPS) is 10.5.